The SMILES string of the molecule is Cc1cc(C(=O)NCc2ccccc2Cl)c2cccc(C)c2n1. The van der Waals surface area contributed by atoms with E-state index in [0.717, 1.165) is 27.7 Å². The third kappa shape index (κ3) is 3.20. The molecule has 0 radical (unpaired) electrons. The smallest absolute Gasteiger partial charge is 0.252 e. The maximum Gasteiger partial charge on any atom is 0.252 e. The molecule has 23 heavy (non-hydrogen) atoms. The number of carbonyl (C=O) groups excluding carboxylic acids is 1. The first-order valence-electron chi connectivity index (χ1n) is 7.45. The molecule has 1 N–H and O–H groups in total. The average molecular weight is 325 g/mol. The number of pyridine rings is 1. The second-order valence-corrected chi connectivity index (χ2v) is 5.96. The fourth-order valence-electron chi connectivity index (χ4n) is 2.62. The van der Waals surface area contributed by atoms with E-state index in [4.69, 9.17) is 11.6 Å². The van der Waals surface area contributed by atoms with Gasteiger partial charge in [-0.15, -0.1) is 0 Å². The van der Waals surface area contributed by atoms with Gasteiger partial charge in [0.25, 0.3) is 5.91 Å². The summed E-state index contributed by atoms with van der Waals surface area (Å²) in [7, 11) is 0. The quantitative estimate of drug-likeness (QED) is 0.774. The van der Waals surface area contributed by atoms with E-state index in [1.54, 1.807) is 0 Å². The number of rotatable bonds is 3. The number of amides is 1. The van der Waals surface area contributed by atoms with E-state index < -0.39 is 0 Å². The topological polar surface area (TPSA) is 42.0 Å². The first-order valence-corrected chi connectivity index (χ1v) is 7.82. The van der Waals surface area contributed by atoms with Gasteiger partial charge in [-0.25, -0.2) is 0 Å². The molecule has 1 aromatic heterocycles. The van der Waals surface area contributed by atoms with Crippen molar-refractivity contribution in [2.24, 2.45) is 0 Å². The molecule has 0 atom stereocenters. The number of fused-ring (bicyclic) bond motifs is 1. The average Bonchev–Trinajstić information content (AvgIpc) is 2.54. The van der Waals surface area contributed by atoms with Crippen molar-refractivity contribution in [1.82, 2.24) is 10.3 Å². The molecule has 3 rings (SSSR count). The van der Waals surface area contributed by atoms with Crippen molar-refractivity contribution in [3.05, 3.63) is 75.9 Å². The lowest BCUT2D eigenvalue weighted by Gasteiger charge is -2.11. The molecule has 0 aliphatic rings. The van der Waals surface area contributed by atoms with E-state index in [0.29, 0.717) is 17.1 Å². The van der Waals surface area contributed by atoms with Crippen molar-refractivity contribution < 1.29 is 4.79 Å². The molecule has 3 aromatic rings. The van der Waals surface area contributed by atoms with Crippen molar-refractivity contribution >= 4 is 28.4 Å². The highest BCUT2D eigenvalue weighted by Crippen LogP contribution is 2.22. The van der Waals surface area contributed by atoms with E-state index >= 15 is 0 Å². The number of aryl methyl sites for hydroxylation is 2. The van der Waals surface area contributed by atoms with Crippen molar-refractivity contribution in [3.63, 3.8) is 0 Å². The Kier molecular flexibility index (Phi) is 4.30. The second kappa shape index (κ2) is 6.39. The Hall–Kier alpha value is -2.39. The molecule has 116 valence electrons. The predicted octanol–water partition coefficient (Wildman–Crippen LogP) is 4.44. The molecule has 4 heteroatoms. The number of aromatic nitrogens is 1. The van der Waals surface area contributed by atoms with Gasteiger partial charge in [0.2, 0.25) is 0 Å². The second-order valence-electron chi connectivity index (χ2n) is 5.56. The number of nitrogens with one attached hydrogen (secondary N) is 1. The monoisotopic (exact) mass is 324 g/mol. The summed E-state index contributed by atoms with van der Waals surface area (Å²) in [4.78, 5) is 17.2. The van der Waals surface area contributed by atoms with Gasteiger partial charge in [0.1, 0.15) is 0 Å². The van der Waals surface area contributed by atoms with E-state index in [2.05, 4.69) is 10.3 Å². The van der Waals surface area contributed by atoms with Crippen molar-refractivity contribution in [1.29, 1.82) is 0 Å². The number of halogens is 1. The minimum absolute atomic E-state index is 0.119. The number of nitrogens with zero attached hydrogens (tertiary/aromatic N) is 1. The zero-order valence-corrected chi connectivity index (χ0v) is 13.8. The molecule has 0 aliphatic carbocycles. The maximum atomic E-state index is 12.6. The van der Waals surface area contributed by atoms with Crippen molar-refractivity contribution in [3.8, 4) is 0 Å². The van der Waals surface area contributed by atoms with Gasteiger partial charge >= 0.3 is 0 Å². The van der Waals surface area contributed by atoms with E-state index in [1.165, 1.54) is 0 Å². The molecule has 0 spiro atoms. The zero-order chi connectivity index (χ0) is 16.4. The van der Waals surface area contributed by atoms with Crippen LogP contribution in [0.3, 0.4) is 0 Å². The minimum atomic E-state index is -0.119. The summed E-state index contributed by atoms with van der Waals surface area (Å²) in [5.74, 6) is -0.119. The number of hydrogen-bond donors (Lipinski definition) is 1. The Morgan fingerprint density at radius 3 is 2.70 bits per heavy atom. The highest BCUT2D eigenvalue weighted by Gasteiger charge is 2.13. The Morgan fingerprint density at radius 1 is 1.13 bits per heavy atom. The molecule has 0 bridgehead atoms. The lowest BCUT2D eigenvalue weighted by molar-refractivity contribution is 0.0952. The van der Waals surface area contributed by atoms with Gasteiger partial charge in [0.05, 0.1) is 11.1 Å². The summed E-state index contributed by atoms with van der Waals surface area (Å²) in [5, 5.41) is 4.46. The summed E-state index contributed by atoms with van der Waals surface area (Å²) in [5.41, 5.74) is 4.30. The number of para-hydroxylation sites is 1. The lowest BCUT2D eigenvalue weighted by Crippen LogP contribution is -2.23. The largest absolute Gasteiger partial charge is 0.348 e. The van der Waals surface area contributed by atoms with E-state index in [9.17, 15) is 4.79 Å². The molecular weight excluding hydrogens is 308 g/mol. The van der Waals surface area contributed by atoms with Crippen LogP contribution in [-0.2, 0) is 6.54 Å². The summed E-state index contributed by atoms with van der Waals surface area (Å²) in [6, 6.07) is 15.2. The minimum Gasteiger partial charge on any atom is -0.348 e. The molecule has 0 saturated carbocycles. The van der Waals surface area contributed by atoms with Gasteiger partial charge in [-0.3, -0.25) is 9.78 Å². The molecule has 0 saturated heterocycles. The predicted molar refractivity (Wildman–Crippen MR) is 93.8 cm³/mol. The first-order chi connectivity index (χ1) is 11.1. The molecule has 0 fully saturated rings. The molecule has 3 nitrogen and oxygen atoms in total. The summed E-state index contributed by atoms with van der Waals surface area (Å²) >= 11 is 6.13. The normalized spacial score (nSPS) is 10.7. The van der Waals surface area contributed by atoms with Crippen LogP contribution in [0.5, 0.6) is 0 Å². The third-order valence-corrected chi connectivity index (χ3v) is 4.18. The standard InChI is InChI=1S/C19H17ClN2O/c1-12-6-5-8-15-16(10-13(2)22-18(12)15)19(23)21-11-14-7-3-4-9-17(14)20/h3-10H,11H2,1-2H3,(H,21,23). The summed E-state index contributed by atoms with van der Waals surface area (Å²) < 4.78 is 0. The van der Waals surface area contributed by atoms with Crippen molar-refractivity contribution in [2.45, 2.75) is 20.4 Å². The van der Waals surface area contributed by atoms with Gasteiger partial charge in [0.15, 0.2) is 0 Å². The van der Waals surface area contributed by atoms with Gasteiger partial charge in [-0.1, -0.05) is 48.0 Å². The number of benzene rings is 2. The van der Waals surface area contributed by atoms with Crippen LogP contribution in [0.25, 0.3) is 10.9 Å². The Balaban J connectivity index is 1.92. The highest BCUT2D eigenvalue weighted by atomic mass is 35.5. The molecule has 0 unspecified atom stereocenters. The lowest BCUT2D eigenvalue weighted by atomic mass is 10.0. The molecular formula is C19H17ClN2O. The molecule has 1 heterocycles. The van der Waals surface area contributed by atoms with Crippen LogP contribution < -0.4 is 5.32 Å². The first kappa shape index (κ1) is 15.5. The fraction of sp³-hybridized carbons (Fsp3) is 0.158. The Morgan fingerprint density at radius 2 is 1.91 bits per heavy atom. The third-order valence-electron chi connectivity index (χ3n) is 3.81. The van der Waals surface area contributed by atoms with Crippen LogP contribution in [0.4, 0.5) is 0 Å². The molecule has 1 amide bonds. The van der Waals surface area contributed by atoms with Crippen LogP contribution in [0.1, 0.15) is 27.2 Å². The molecule has 0 aliphatic heterocycles. The molecule has 2 aromatic carbocycles. The fourth-order valence-corrected chi connectivity index (χ4v) is 2.82. The van der Waals surface area contributed by atoms with Crippen LogP contribution >= 0.6 is 11.6 Å². The Bertz CT molecular complexity index is 890. The zero-order valence-electron chi connectivity index (χ0n) is 13.1. The van der Waals surface area contributed by atoms with Gasteiger partial charge in [-0.2, -0.15) is 0 Å². The summed E-state index contributed by atoms with van der Waals surface area (Å²) in [6.45, 7) is 4.30. The van der Waals surface area contributed by atoms with E-state index in [-0.39, 0.29) is 5.91 Å². The van der Waals surface area contributed by atoms with Gasteiger partial charge in [0, 0.05) is 22.6 Å². The number of hydrogen-bond acceptors (Lipinski definition) is 2. The summed E-state index contributed by atoms with van der Waals surface area (Å²) in [6.07, 6.45) is 0. The van der Waals surface area contributed by atoms with Crippen LogP contribution in [0, 0.1) is 13.8 Å². The number of carbonyl (C=O) groups is 1. The maximum absolute atomic E-state index is 12.6. The highest BCUT2D eigenvalue weighted by molar-refractivity contribution is 6.31. The van der Waals surface area contributed by atoms with Crippen LogP contribution in [0.15, 0.2) is 48.5 Å². The van der Waals surface area contributed by atoms with Gasteiger partial charge in [-0.05, 0) is 37.1 Å². The van der Waals surface area contributed by atoms with Crippen LogP contribution in [0.2, 0.25) is 5.02 Å². The van der Waals surface area contributed by atoms with Gasteiger partial charge < -0.3 is 5.32 Å². The van der Waals surface area contributed by atoms with Crippen LogP contribution in [-0.4, -0.2) is 10.9 Å². The van der Waals surface area contributed by atoms with E-state index in [1.807, 2.05) is 62.4 Å². The van der Waals surface area contributed by atoms with Crippen molar-refractivity contribution in [2.75, 3.05) is 0 Å². The Labute approximate surface area is 140 Å².